The van der Waals surface area contributed by atoms with Crippen LogP contribution >= 0.6 is 15.6 Å². The molecule has 0 saturated carbocycles. The maximum Gasteiger partial charge on any atom is 0.472 e. The molecule has 0 fully saturated rings. The summed E-state index contributed by atoms with van der Waals surface area (Å²) in [5.41, 5.74) is 0. The van der Waals surface area contributed by atoms with E-state index in [-0.39, 0.29) is 25.7 Å². The van der Waals surface area contributed by atoms with Crippen LogP contribution in [0.3, 0.4) is 0 Å². The number of rotatable bonds is 84. The number of phosphoric acid groups is 2. The Hall–Kier alpha value is -1.94. The summed E-state index contributed by atoms with van der Waals surface area (Å²) in [7, 11) is -9.93. The second-order valence-electron chi connectivity index (χ2n) is 31.9. The van der Waals surface area contributed by atoms with Crippen LogP contribution in [0.15, 0.2) is 0 Å². The highest BCUT2D eigenvalue weighted by atomic mass is 31.2. The minimum atomic E-state index is -4.97. The average molecular weight is 1540 g/mol. The first-order valence-corrected chi connectivity index (χ1v) is 47.4. The van der Waals surface area contributed by atoms with Crippen molar-refractivity contribution in [3.8, 4) is 0 Å². The summed E-state index contributed by atoms with van der Waals surface area (Å²) in [6.07, 6.45) is 66.9. The van der Waals surface area contributed by atoms with Crippen LogP contribution in [-0.4, -0.2) is 96.7 Å². The van der Waals surface area contributed by atoms with E-state index in [1.54, 1.807) is 0 Å². The van der Waals surface area contributed by atoms with Crippen LogP contribution in [0, 0.1) is 17.8 Å². The third kappa shape index (κ3) is 77.2. The summed E-state index contributed by atoms with van der Waals surface area (Å²) in [5.74, 6) is 0.229. The summed E-state index contributed by atoms with van der Waals surface area (Å²) in [6, 6.07) is 0. The molecule has 0 aromatic heterocycles. The van der Waals surface area contributed by atoms with Gasteiger partial charge in [0.2, 0.25) is 0 Å². The first kappa shape index (κ1) is 103. The fourth-order valence-electron chi connectivity index (χ4n) is 13.3. The molecule has 19 heteroatoms. The standard InChI is InChI=1S/C86H168O17P2/c1-8-11-12-13-14-15-16-17-18-19-20-21-22-26-29-32-35-40-45-53-60-67-83(88)96-73-81(102-85(90)69-62-55-46-41-36-33-30-27-24-23-25-28-31-34-39-44-51-58-65-78(6)9-2)75-100-104(92,93)98-71-80(87)72-99-105(94,95)101-76-82(74-97-84(89)68-61-54-49-48-52-59-66-79(7)10-3)103-86(91)70-63-56-47-42-37-38-43-50-57-64-77(4)5/h77-82,87H,8-76H2,1-7H3,(H,92,93)(H,94,95)/t78?,79?,80-,81-,82-/m1/s1. The molecule has 0 radical (unpaired) electrons. The molecule has 3 N–H and O–H groups in total. The van der Waals surface area contributed by atoms with Gasteiger partial charge in [-0.15, -0.1) is 0 Å². The predicted octanol–water partition coefficient (Wildman–Crippen LogP) is 26.1. The zero-order chi connectivity index (χ0) is 77.2. The molecular formula is C86H168O17P2. The number of hydrogen-bond acceptors (Lipinski definition) is 15. The molecule has 0 aliphatic rings. The van der Waals surface area contributed by atoms with Gasteiger partial charge in [0.25, 0.3) is 0 Å². The highest BCUT2D eigenvalue weighted by Gasteiger charge is 2.30. The fourth-order valence-corrected chi connectivity index (χ4v) is 14.9. The summed E-state index contributed by atoms with van der Waals surface area (Å²) in [5, 5.41) is 10.7. The summed E-state index contributed by atoms with van der Waals surface area (Å²) >= 11 is 0. The maximum absolute atomic E-state index is 13.1. The van der Waals surface area contributed by atoms with E-state index in [4.69, 9.17) is 37.0 Å². The number of carbonyl (C=O) groups excluding carboxylic acids is 4. The molecule has 0 aromatic rings. The molecular weight excluding hydrogens is 1370 g/mol. The van der Waals surface area contributed by atoms with Gasteiger partial charge in [0, 0.05) is 25.7 Å². The van der Waals surface area contributed by atoms with Crippen LogP contribution < -0.4 is 0 Å². The van der Waals surface area contributed by atoms with Gasteiger partial charge >= 0.3 is 39.5 Å². The van der Waals surface area contributed by atoms with Gasteiger partial charge in [-0.3, -0.25) is 37.3 Å². The normalized spacial score (nSPS) is 14.4. The monoisotopic (exact) mass is 1540 g/mol. The first-order chi connectivity index (χ1) is 50.8. The molecule has 0 amide bonds. The van der Waals surface area contributed by atoms with Crippen molar-refractivity contribution < 1.29 is 80.2 Å². The van der Waals surface area contributed by atoms with Gasteiger partial charge < -0.3 is 33.8 Å². The van der Waals surface area contributed by atoms with Crippen molar-refractivity contribution in [3.05, 3.63) is 0 Å². The Bertz CT molecular complexity index is 2030. The van der Waals surface area contributed by atoms with Gasteiger partial charge in [0.1, 0.15) is 19.3 Å². The highest BCUT2D eigenvalue weighted by Crippen LogP contribution is 2.45. The number of unbranched alkanes of at least 4 members (excludes halogenated alkanes) is 50. The van der Waals surface area contributed by atoms with Crippen LogP contribution in [0.5, 0.6) is 0 Å². The van der Waals surface area contributed by atoms with Crippen LogP contribution in [0.1, 0.15) is 453 Å². The summed E-state index contributed by atoms with van der Waals surface area (Å²) < 4.78 is 68.8. The van der Waals surface area contributed by atoms with Crippen molar-refractivity contribution in [3.63, 3.8) is 0 Å². The Labute approximate surface area is 645 Å². The van der Waals surface area contributed by atoms with Gasteiger partial charge in [-0.2, -0.15) is 0 Å². The van der Waals surface area contributed by atoms with E-state index >= 15 is 0 Å². The van der Waals surface area contributed by atoms with Crippen molar-refractivity contribution in [2.45, 2.75) is 471 Å². The van der Waals surface area contributed by atoms with E-state index in [0.717, 1.165) is 114 Å². The smallest absolute Gasteiger partial charge is 0.462 e. The molecule has 624 valence electrons. The Morgan fingerprint density at radius 3 is 0.724 bits per heavy atom. The van der Waals surface area contributed by atoms with E-state index in [1.807, 2.05) is 0 Å². The van der Waals surface area contributed by atoms with Crippen LogP contribution in [-0.2, 0) is 65.4 Å². The van der Waals surface area contributed by atoms with Crippen molar-refractivity contribution >= 4 is 39.5 Å². The van der Waals surface area contributed by atoms with E-state index in [0.29, 0.717) is 25.7 Å². The summed E-state index contributed by atoms with van der Waals surface area (Å²) in [4.78, 5) is 73.1. The number of phosphoric ester groups is 2. The van der Waals surface area contributed by atoms with Gasteiger partial charge in [-0.1, -0.05) is 402 Å². The van der Waals surface area contributed by atoms with E-state index in [1.165, 1.54) is 257 Å². The Balaban J connectivity index is 5.20. The van der Waals surface area contributed by atoms with Crippen molar-refractivity contribution in [1.29, 1.82) is 0 Å². The lowest BCUT2D eigenvalue weighted by molar-refractivity contribution is -0.161. The molecule has 0 bridgehead atoms. The van der Waals surface area contributed by atoms with Crippen molar-refractivity contribution in [2.75, 3.05) is 39.6 Å². The molecule has 0 aliphatic carbocycles. The van der Waals surface area contributed by atoms with Gasteiger partial charge in [0.05, 0.1) is 26.4 Å². The van der Waals surface area contributed by atoms with E-state index in [2.05, 4.69) is 48.5 Å². The fraction of sp³-hybridized carbons (Fsp3) is 0.953. The van der Waals surface area contributed by atoms with Crippen molar-refractivity contribution in [2.24, 2.45) is 17.8 Å². The number of hydrogen-bond donors (Lipinski definition) is 3. The first-order valence-electron chi connectivity index (χ1n) is 44.4. The molecule has 0 spiro atoms. The lowest BCUT2D eigenvalue weighted by atomic mass is 9.99. The number of esters is 4. The largest absolute Gasteiger partial charge is 0.472 e. The topological polar surface area (TPSA) is 237 Å². The van der Waals surface area contributed by atoms with Gasteiger partial charge in [0.15, 0.2) is 12.2 Å². The molecule has 0 aliphatic heterocycles. The number of aliphatic hydroxyl groups is 1. The SMILES string of the molecule is CCCCCCCCCCCCCCCCCCCCCCCC(=O)OC[C@H](COP(=O)(O)OC[C@@H](O)COP(=O)(O)OC[C@@H](COC(=O)CCCCCCCCC(C)CC)OC(=O)CCCCCCCCCCCC(C)C)OC(=O)CCCCCCCCCCCCCCCCCCCCC(C)CC. The minimum absolute atomic E-state index is 0.105. The lowest BCUT2D eigenvalue weighted by Gasteiger charge is -2.21. The molecule has 0 aromatic carbocycles. The molecule has 0 rings (SSSR count). The molecule has 0 heterocycles. The third-order valence-electron chi connectivity index (χ3n) is 20.9. The minimum Gasteiger partial charge on any atom is -0.462 e. The average Bonchev–Trinajstić information content (AvgIpc) is 0.928. The van der Waals surface area contributed by atoms with Crippen LogP contribution in [0.25, 0.3) is 0 Å². The number of carbonyl (C=O) groups is 4. The zero-order valence-electron chi connectivity index (χ0n) is 69.2. The number of ether oxygens (including phenoxy) is 4. The molecule has 7 atom stereocenters. The highest BCUT2D eigenvalue weighted by molar-refractivity contribution is 7.47. The third-order valence-corrected chi connectivity index (χ3v) is 22.8. The van der Waals surface area contributed by atoms with Gasteiger partial charge in [-0.25, -0.2) is 9.13 Å². The van der Waals surface area contributed by atoms with Gasteiger partial charge in [-0.05, 0) is 43.4 Å². The quantitative estimate of drug-likeness (QED) is 0.0222. The predicted molar refractivity (Wildman–Crippen MR) is 432 cm³/mol. The second-order valence-corrected chi connectivity index (χ2v) is 34.8. The zero-order valence-corrected chi connectivity index (χ0v) is 71.0. The molecule has 105 heavy (non-hydrogen) atoms. The maximum atomic E-state index is 13.1. The molecule has 17 nitrogen and oxygen atoms in total. The molecule has 4 unspecified atom stereocenters. The Morgan fingerprint density at radius 2 is 0.486 bits per heavy atom. The lowest BCUT2D eigenvalue weighted by Crippen LogP contribution is -2.30. The van der Waals surface area contributed by atoms with Crippen LogP contribution in [0.4, 0.5) is 0 Å². The van der Waals surface area contributed by atoms with E-state index < -0.39 is 97.5 Å². The van der Waals surface area contributed by atoms with E-state index in [9.17, 15) is 43.2 Å². The Morgan fingerprint density at radius 1 is 0.276 bits per heavy atom. The second kappa shape index (κ2) is 76.1. The van der Waals surface area contributed by atoms with Crippen LogP contribution in [0.2, 0.25) is 0 Å². The Kier molecular flexibility index (Phi) is 74.7. The molecule has 0 saturated heterocycles. The number of aliphatic hydroxyl groups excluding tert-OH is 1. The van der Waals surface area contributed by atoms with Crippen molar-refractivity contribution in [1.82, 2.24) is 0 Å². The summed E-state index contributed by atoms with van der Waals surface area (Å²) in [6.45, 7) is 12.0.